The quantitative estimate of drug-likeness (QED) is 0.720. The Balaban J connectivity index is 1.32. The number of ether oxygens (including phenoxy) is 1. The van der Waals surface area contributed by atoms with Gasteiger partial charge >= 0.3 is 5.97 Å². The van der Waals surface area contributed by atoms with E-state index in [2.05, 4.69) is 19.6 Å². The summed E-state index contributed by atoms with van der Waals surface area (Å²) in [7, 11) is 0. The Kier molecular flexibility index (Phi) is 5.62. The van der Waals surface area contributed by atoms with Gasteiger partial charge in [-0.1, -0.05) is 6.07 Å². The van der Waals surface area contributed by atoms with Crippen LogP contribution in [0.4, 0.5) is 5.13 Å². The molecule has 0 spiro atoms. The number of amides is 1. The molecule has 2 aliphatic rings. The minimum Gasteiger partial charge on any atom is -0.457 e. The number of aliphatic hydroxyl groups is 1. The summed E-state index contributed by atoms with van der Waals surface area (Å²) in [5.74, 6) is 0.290. The minimum atomic E-state index is -0.647. The van der Waals surface area contributed by atoms with E-state index in [0.717, 1.165) is 42.6 Å². The molecule has 8 nitrogen and oxygen atoms in total. The monoisotopic (exact) mass is 416 g/mol. The summed E-state index contributed by atoms with van der Waals surface area (Å²) in [5.41, 5.74) is 3.21. The molecule has 1 amide bonds. The number of aryl methyl sites for hydroxylation is 1. The highest BCUT2D eigenvalue weighted by Gasteiger charge is 2.29. The van der Waals surface area contributed by atoms with Crippen LogP contribution in [0.25, 0.3) is 0 Å². The lowest BCUT2D eigenvalue weighted by atomic mass is 9.93. The number of benzene rings is 1. The summed E-state index contributed by atoms with van der Waals surface area (Å²) in [4.78, 5) is 30.5. The fourth-order valence-electron chi connectivity index (χ4n) is 4.00. The molecule has 3 heterocycles. The van der Waals surface area contributed by atoms with E-state index < -0.39 is 6.10 Å². The number of carbonyl (C=O) groups excluding carboxylic acids is 2. The summed E-state index contributed by atoms with van der Waals surface area (Å²) in [6, 6.07) is 3.55. The number of aromatic nitrogens is 2. The maximum Gasteiger partial charge on any atom is 0.338 e. The zero-order valence-corrected chi connectivity index (χ0v) is 17.3. The van der Waals surface area contributed by atoms with Crippen molar-refractivity contribution in [2.45, 2.75) is 39.4 Å². The van der Waals surface area contributed by atoms with Crippen LogP contribution in [0.15, 0.2) is 12.1 Å². The third-order valence-corrected chi connectivity index (χ3v) is 6.44. The molecule has 0 bridgehead atoms. The van der Waals surface area contributed by atoms with Crippen molar-refractivity contribution in [2.75, 3.05) is 25.0 Å². The molecular formula is C20H24N4O4S. The molecule has 9 heteroatoms. The van der Waals surface area contributed by atoms with E-state index in [1.54, 1.807) is 13.0 Å². The van der Waals surface area contributed by atoms with Gasteiger partial charge in [0.15, 0.2) is 0 Å². The Morgan fingerprint density at radius 3 is 2.83 bits per heavy atom. The van der Waals surface area contributed by atoms with E-state index in [9.17, 15) is 14.7 Å². The third-order valence-electron chi connectivity index (χ3n) is 5.71. The maximum absolute atomic E-state index is 12.4. The predicted octanol–water partition coefficient (Wildman–Crippen LogP) is 2.21. The van der Waals surface area contributed by atoms with Crippen LogP contribution >= 0.6 is 11.5 Å². The number of likely N-dealkylation sites (tertiary alicyclic amines) is 1. The van der Waals surface area contributed by atoms with Crippen LogP contribution in [0.2, 0.25) is 0 Å². The number of nitrogens with one attached hydrogen (secondary N) is 1. The Labute approximate surface area is 173 Å². The van der Waals surface area contributed by atoms with E-state index >= 15 is 0 Å². The maximum atomic E-state index is 12.4. The van der Waals surface area contributed by atoms with Gasteiger partial charge in [0.1, 0.15) is 12.4 Å². The lowest BCUT2D eigenvalue weighted by Gasteiger charge is -2.32. The SMILES string of the molecule is Cc1nsc(NC(=O)C2CCN(CC(O)c3ccc4c(c3C)COC4=O)CC2)n1. The van der Waals surface area contributed by atoms with Gasteiger partial charge in [0.2, 0.25) is 11.0 Å². The molecule has 0 saturated carbocycles. The van der Waals surface area contributed by atoms with E-state index in [4.69, 9.17) is 4.74 Å². The fourth-order valence-corrected chi connectivity index (χ4v) is 4.58. The van der Waals surface area contributed by atoms with Crippen molar-refractivity contribution in [2.24, 2.45) is 5.92 Å². The molecule has 1 saturated heterocycles. The van der Waals surface area contributed by atoms with Crippen molar-refractivity contribution in [3.63, 3.8) is 0 Å². The molecule has 1 aromatic carbocycles. The molecule has 2 aromatic rings. The number of piperidine rings is 1. The molecule has 0 radical (unpaired) electrons. The largest absolute Gasteiger partial charge is 0.457 e. The average molecular weight is 417 g/mol. The third kappa shape index (κ3) is 4.17. The van der Waals surface area contributed by atoms with Crippen LogP contribution in [0, 0.1) is 19.8 Å². The number of fused-ring (bicyclic) bond motifs is 1. The zero-order valence-electron chi connectivity index (χ0n) is 16.5. The normalized spacial score (nSPS) is 18.4. The predicted molar refractivity (Wildman–Crippen MR) is 108 cm³/mol. The van der Waals surface area contributed by atoms with Gasteiger partial charge in [-0.2, -0.15) is 4.37 Å². The first kappa shape index (κ1) is 19.9. The van der Waals surface area contributed by atoms with Gasteiger partial charge in [0, 0.05) is 29.6 Å². The lowest BCUT2D eigenvalue weighted by molar-refractivity contribution is -0.121. The first-order valence-corrected chi connectivity index (χ1v) is 10.5. The molecule has 4 rings (SSSR count). The van der Waals surface area contributed by atoms with E-state index in [1.807, 2.05) is 13.0 Å². The standard InChI is InChI=1S/C20H24N4O4S/c1-11-14(3-4-15-16(11)10-28-19(15)27)17(25)9-24-7-5-13(6-8-24)18(26)22-20-21-12(2)23-29-20/h3-4,13,17,25H,5-10H2,1-2H3,(H,21,22,23,26). The number of esters is 1. The Hall–Kier alpha value is -2.36. The van der Waals surface area contributed by atoms with E-state index in [0.29, 0.717) is 23.1 Å². The van der Waals surface area contributed by atoms with Crippen molar-refractivity contribution >= 4 is 28.5 Å². The number of rotatable bonds is 5. The second-order valence-corrected chi connectivity index (χ2v) is 8.36. The average Bonchev–Trinajstić information content (AvgIpc) is 3.28. The number of hydrogen-bond acceptors (Lipinski definition) is 8. The number of β-amino-alcohol motifs (C(OH)–C–C–N with tert-alkyl or cyclic N) is 1. The summed E-state index contributed by atoms with van der Waals surface area (Å²) >= 11 is 1.19. The smallest absolute Gasteiger partial charge is 0.338 e. The molecule has 154 valence electrons. The molecule has 1 aromatic heterocycles. The van der Waals surface area contributed by atoms with Crippen LogP contribution in [-0.4, -0.2) is 50.9 Å². The second kappa shape index (κ2) is 8.17. The van der Waals surface area contributed by atoms with Crippen molar-refractivity contribution in [3.8, 4) is 0 Å². The molecule has 1 atom stereocenters. The summed E-state index contributed by atoms with van der Waals surface area (Å²) in [6.45, 7) is 5.98. The number of cyclic esters (lactones) is 1. The topological polar surface area (TPSA) is 105 Å². The molecule has 2 aliphatic heterocycles. The molecule has 0 aliphatic carbocycles. The number of carbonyl (C=O) groups is 2. The summed E-state index contributed by atoms with van der Waals surface area (Å²) in [5, 5.41) is 14.2. The molecule has 1 unspecified atom stereocenters. The number of hydrogen-bond donors (Lipinski definition) is 2. The van der Waals surface area contributed by atoms with Gasteiger partial charge in [-0.25, -0.2) is 9.78 Å². The molecule has 2 N–H and O–H groups in total. The lowest BCUT2D eigenvalue weighted by Crippen LogP contribution is -2.40. The Bertz CT molecular complexity index is 937. The van der Waals surface area contributed by atoms with E-state index in [1.165, 1.54) is 11.5 Å². The van der Waals surface area contributed by atoms with Gasteiger partial charge < -0.3 is 20.1 Å². The van der Waals surface area contributed by atoms with Crippen molar-refractivity contribution in [1.82, 2.24) is 14.3 Å². The molecule has 29 heavy (non-hydrogen) atoms. The first-order chi connectivity index (χ1) is 13.9. The van der Waals surface area contributed by atoms with Gasteiger partial charge in [0.05, 0.1) is 11.7 Å². The van der Waals surface area contributed by atoms with Crippen LogP contribution in [0.1, 0.15) is 51.8 Å². The van der Waals surface area contributed by atoms with Crippen LogP contribution < -0.4 is 5.32 Å². The fraction of sp³-hybridized carbons (Fsp3) is 0.500. The zero-order chi connectivity index (χ0) is 20.5. The van der Waals surface area contributed by atoms with Gasteiger partial charge in [0.25, 0.3) is 0 Å². The number of nitrogens with zero attached hydrogens (tertiary/aromatic N) is 3. The van der Waals surface area contributed by atoms with E-state index in [-0.39, 0.29) is 24.4 Å². The van der Waals surface area contributed by atoms with Crippen molar-refractivity contribution in [1.29, 1.82) is 0 Å². The molecular weight excluding hydrogens is 392 g/mol. The highest BCUT2D eigenvalue weighted by atomic mass is 32.1. The molecule has 1 fully saturated rings. The van der Waals surface area contributed by atoms with Gasteiger partial charge in [-0.3, -0.25) is 4.79 Å². The Morgan fingerprint density at radius 2 is 2.14 bits per heavy atom. The van der Waals surface area contributed by atoms with Crippen molar-refractivity contribution < 1.29 is 19.4 Å². The Morgan fingerprint density at radius 1 is 1.38 bits per heavy atom. The summed E-state index contributed by atoms with van der Waals surface area (Å²) < 4.78 is 9.16. The first-order valence-electron chi connectivity index (χ1n) is 9.73. The minimum absolute atomic E-state index is 0.0134. The highest BCUT2D eigenvalue weighted by molar-refractivity contribution is 7.09. The van der Waals surface area contributed by atoms with Crippen LogP contribution in [0.3, 0.4) is 0 Å². The second-order valence-electron chi connectivity index (χ2n) is 7.61. The summed E-state index contributed by atoms with van der Waals surface area (Å²) in [6.07, 6.45) is 0.828. The van der Waals surface area contributed by atoms with Crippen molar-refractivity contribution in [3.05, 3.63) is 40.2 Å². The number of aliphatic hydroxyl groups excluding tert-OH is 1. The number of anilines is 1. The van der Waals surface area contributed by atoms with Gasteiger partial charge in [-0.05, 0) is 57.0 Å². The highest BCUT2D eigenvalue weighted by Crippen LogP contribution is 2.30. The van der Waals surface area contributed by atoms with Crippen LogP contribution in [-0.2, 0) is 16.1 Å². The van der Waals surface area contributed by atoms with Gasteiger partial charge in [-0.15, -0.1) is 0 Å². The van der Waals surface area contributed by atoms with Crippen LogP contribution in [0.5, 0.6) is 0 Å².